The highest BCUT2D eigenvalue weighted by atomic mass is 79.9. The summed E-state index contributed by atoms with van der Waals surface area (Å²) in [6, 6.07) is 5.71. The summed E-state index contributed by atoms with van der Waals surface area (Å²) in [5.74, 6) is 0.417. The summed E-state index contributed by atoms with van der Waals surface area (Å²) in [7, 11) is 0. The Morgan fingerprint density at radius 1 is 1.50 bits per heavy atom. The largest absolute Gasteiger partial charge is 0.345 e. The van der Waals surface area contributed by atoms with E-state index in [1.807, 2.05) is 25.1 Å². The van der Waals surface area contributed by atoms with Gasteiger partial charge in [0, 0.05) is 16.6 Å². The number of hydrogen-bond donors (Lipinski definition) is 2. The van der Waals surface area contributed by atoms with E-state index in [1.54, 1.807) is 0 Å². The van der Waals surface area contributed by atoms with E-state index in [9.17, 15) is 4.79 Å². The van der Waals surface area contributed by atoms with Gasteiger partial charge in [-0.05, 0) is 43.4 Å². The summed E-state index contributed by atoms with van der Waals surface area (Å²) in [6.07, 6.45) is 4.48. The molecule has 2 atom stereocenters. The van der Waals surface area contributed by atoms with Crippen LogP contribution in [0.5, 0.6) is 0 Å². The number of carbonyl (C=O) groups excluding carboxylic acids is 1. The lowest BCUT2D eigenvalue weighted by Crippen LogP contribution is -2.59. The predicted molar refractivity (Wildman–Crippen MR) is 85.8 cm³/mol. The van der Waals surface area contributed by atoms with Gasteiger partial charge in [0.25, 0.3) is 5.91 Å². The van der Waals surface area contributed by atoms with Crippen LogP contribution in [0.15, 0.2) is 22.7 Å². The van der Waals surface area contributed by atoms with Crippen LogP contribution < -0.4 is 11.1 Å². The lowest BCUT2D eigenvalue weighted by atomic mass is 9.73. The van der Waals surface area contributed by atoms with Crippen molar-refractivity contribution in [2.75, 3.05) is 6.54 Å². The second kappa shape index (κ2) is 6.27. The van der Waals surface area contributed by atoms with Crippen LogP contribution in [0.25, 0.3) is 0 Å². The van der Waals surface area contributed by atoms with Crippen LogP contribution in [0.3, 0.4) is 0 Å². The Balaban J connectivity index is 2.23. The fourth-order valence-electron chi connectivity index (χ4n) is 3.10. The molecule has 0 spiro atoms. The van der Waals surface area contributed by atoms with Gasteiger partial charge >= 0.3 is 0 Å². The molecule has 0 saturated heterocycles. The first-order chi connectivity index (χ1) is 9.50. The molecular formula is C16H23BrN2O. The van der Waals surface area contributed by atoms with Crippen LogP contribution in [-0.2, 0) is 0 Å². The molecule has 4 heteroatoms. The SMILES string of the molecule is Cc1c(Br)cccc1C(=O)NC1(CN)CCCCC1C. The molecule has 2 rings (SSSR count). The van der Waals surface area contributed by atoms with Crippen LogP contribution in [-0.4, -0.2) is 18.0 Å². The minimum absolute atomic E-state index is 0.0111. The fraction of sp³-hybridized carbons (Fsp3) is 0.562. The molecular weight excluding hydrogens is 316 g/mol. The monoisotopic (exact) mass is 338 g/mol. The maximum absolute atomic E-state index is 12.6. The van der Waals surface area contributed by atoms with Gasteiger partial charge in [-0.3, -0.25) is 4.79 Å². The van der Waals surface area contributed by atoms with Crippen molar-refractivity contribution in [1.29, 1.82) is 0 Å². The normalized spacial score (nSPS) is 26.3. The van der Waals surface area contributed by atoms with Crippen molar-refractivity contribution in [1.82, 2.24) is 5.32 Å². The van der Waals surface area contributed by atoms with Crippen LogP contribution in [0.4, 0.5) is 0 Å². The summed E-state index contributed by atoms with van der Waals surface area (Å²) >= 11 is 3.48. The summed E-state index contributed by atoms with van der Waals surface area (Å²) in [5.41, 5.74) is 7.45. The first-order valence-electron chi connectivity index (χ1n) is 7.28. The Morgan fingerprint density at radius 3 is 2.90 bits per heavy atom. The minimum Gasteiger partial charge on any atom is -0.345 e. The number of hydrogen-bond acceptors (Lipinski definition) is 2. The molecule has 110 valence electrons. The number of benzene rings is 1. The molecule has 1 saturated carbocycles. The zero-order valence-corrected chi connectivity index (χ0v) is 13.8. The highest BCUT2D eigenvalue weighted by Crippen LogP contribution is 2.33. The van der Waals surface area contributed by atoms with Gasteiger partial charge in [0.2, 0.25) is 0 Å². The van der Waals surface area contributed by atoms with E-state index in [1.165, 1.54) is 6.42 Å². The Morgan fingerprint density at radius 2 is 2.25 bits per heavy atom. The smallest absolute Gasteiger partial charge is 0.252 e. The average Bonchev–Trinajstić information content (AvgIpc) is 2.44. The molecule has 3 nitrogen and oxygen atoms in total. The van der Waals surface area contributed by atoms with Crippen LogP contribution in [0.2, 0.25) is 0 Å². The van der Waals surface area contributed by atoms with Crippen molar-refractivity contribution in [3.05, 3.63) is 33.8 Å². The minimum atomic E-state index is -0.246. The number of nitrogens with two attached hydrogens (primary N) is 1. The predicted octanol–water partition coefficient (Wildman–Crippen LogP) is 3.39. The Labute approximate surface area is 129 Å². The third-order valence-corrected chi connectivity index (χ3v) is 5.55. The van der Waals surface area contributed by atoms with Gasteiger partial charge in [0.1, 0.15) is 0 Å². The standard InChI is InChI=1S/C16H23BrN2O/c1-11-6-3-4-9-16(11,10-18)19-15(20)13-7-5-8-14(17)12(13)2/h5,7-8,11H,3-4,6,9-10,18H2,1-2H3,(H,19,20). The van der Waals surface area contributed by atoms with Crippen LogP contribution >= 0.6 is 15.9 Å². The number of halogens is 1. The Kier molecular flexibility index (Phi) is 4.86. The van der Waals surface area contributed by atoms with Gasteiger partial charge in [0.15, 0.2) is 0 Å². The van der Waals surface area contributed by atoms with E-state index >= 15 is 0 Å². The van der Waals surface area contributed by atoms with Crippen LogP contribution in [0, 0.1) is 12.8 Å². The van der Waals surface area contributed by atoms with Gasteiger partial charge in [-0.25, -0.2) is 0 Å². The van der Waals surface area contributed by atoms with Gasteiger partial charge < -0.3 is 11.1 Å². The maximum atomic E-state index is 12.6. The third kappa shape index (κ3) is 2.91. The van der Waals surface area contributed by atoms with E-state index < -0.39 is 0 Å². The molecule has 0 bridgehead atoms. The van der Waals surface area contributed by atoms with E-state index in [0.717, 1.165) is 34.9 Å². The molecule has 0 aliphatic heterocycles. The molecule has 1 aromatic rings. The molecule has 20 heavy (non-hydrogen) atoms. The average molecular weight is 339 g/mol. The van der Waals surface area contributed by atoms with Crippen molar-refractivity contribution in [3.8, 4) is 0 Å². The van der Waals surface area contributed by atoms with Gasteiger partial charge in [0.05, 0.1) is 5.54 Å². The van der Waals surface area contributed by atoms with E-state index in [4.69, 9.17) is 5.73 Å². The maximum Gasteiger partial charge on any atom is 0.252 e. The molecule has 0 heterocycles. The van der Waals surface area contributed by atoms with Gasteiger partial charge in [-0.2, -0.15) is 0 Å². The first-order valence-corrected chi connectivity index (χ1v) is 8.07. The Hall–Kier alpha value is -0.870. The molecule has 3 N–H and O–H groups in total. The lowest BCUT2D eigenvalue weighted by Gasteiger charge is -2.42. The summed E-state index contributed by atoms with van der Waals surface area (Å²) in [6.45, 7) is 4.66. The van der Waals surface area contributed by atoms with E-state index in [2.05, 4.69) is 28.2 Å². The van der Waals surface area contributed by atoms with Crippen molar-refractivity contribution >= 4 is 21.8 Å². The topological polar surface area (TPSA) is 55.1 Å². The third-order valence-electron chi connectivity index (χ3n) is 4.69. The van der Waals surface area contributed by atoms with E-state index in [-0.39, 0.29) is 11.4 Å². The number of carbonyl (C=O) groups is 1. The molecule has 1 fully saturated rings. The number of nitrogens with one attached hydrogen (secondary N) is 1. The van der Waals surface area contributed by atoms with Crippen molar-refractivity contribution in [2.45, 2.75) is 45.1 Å². The molecule has 1 aromatic carbocycles. The first kappa shape index (κ1) is 15.5. The Bertz CT molecular complexity index is 503. The van der Waals surface area contributed by atoms with Crippen molar-refractivity contribution < 1.29 is 4.79 Å². The lowest BCUT2D eigenvalue weighted by molar-refractivity contribution is 0.0812. The number of amides is 1. The zero-order valence-electron chi connectivity index (χ0n) is 12.2. The van der Waals surface area contributed by atoms with Crippen molar-refractivity contribution in [3.63, 3.8) is 0 Å². The van der Waals surface area contributed by atoms with Gasteiger partial charge in [-0.15, -0.1) is 0 Å². The molecule has 0 radical (unpaired) electrons. The molecule has 2 unspecified atom stereocenters. The summed E-state index contributed by atoms with van der Waals surface area (Å²) < 4.78 is 0.962. The molecule has 1 amide bonds. The highest BCUT2D eigenvalue weighted by molar-refractivity contribution is 9.10. The fourth-order valence-corrected chi connectivity index (χ4v) is 3.47. The molecule has 1 aliphatic rings. The number of rotatable bonds is 3. The second-order valence-corrected chi connectivity index (χ2v) is 6.73. The molecule has 1 aliphatic carbocycles. The van der Waals surface area contributed by atoms with Crippen molar-refractivity contribution in [2.24, 2.45) is 11.7 Å². The summed E-state index contributed by atoms with van der Waals surface area (Å²) in [4.78, 5) is 12.6. The quantitative estimate of drug-likeness (QED) is 0.887. The summed E-state index contributed by atoms with van der Waals surface area (Å²) in [5, 5.41) is 3.23. The van der Waals surface area contributed by atoms with Gasteiger partial charge in [-0.1, -0.05) is 41.8 Å². The highest BCUT2D eigenvalue weighted by Gasteiger charge is 2.38. The van der Waals surface area contributed by atoms with Crippen LogP contribution in [0.1, 0.15) is 48.5 Å². The molecule has 0 aromatic heterocycles. The van der Waals surface area contributed by atoms with E-state index in [0.29, 0.717) is 12.5 Å². The zero-order chi connectivity index (χ0) is 14.8. The second-order valence-electron chi connectivity index (χ2n) is 5.87.